The minimum atomic E-state index is 0.0322. The van der Waals surface area contributed by atoms with Gasteiger partial charge in [-0.15, -0.1) is 0 Å². The smallest absolute Gasteiger partial charge is 0.248 e. The van der Waals surface area contributed by atoms with E-state index in [9.17, 15) is 4.79 Å². The Morgan fingerprint density at radius 1 is 1.36 bits per heavy atom. The molecule has 0 bridgehead atoms. The van der Waals surface area contributed by atoms with Crippen LogP contribution in [0.5, 0.6) is 0 Å². The molecule has 0 spiro atoms. The number of nitrogens with zero attached hydrogens (tertiary/aromatic N) is 4. The first-order chi connectivity index (χ1) is 12.2. The molecule has 0 saturated carbocycles. The Balaban J connectivity index is 1.76. The minimum absolute atomic E-state index is 0.0322. The lowest BCUT2D eigenvalue weighted by Crippen LogP contribution is -2.41. The van der Waals surface area contributed by atoms with Gasteiger partial charge in [-0.25, -0.2) is 15.0 Å². The maximum Gasteiger partial charge on any atom is 0.248 e. The Morgan fingerprint density at radius 3 is 3.00 bits per heavy atom. The summed E-state index contributed by atoms with van der Waals surface area (Å²) in [5.41, 5.74) is 0.959. The van der Waals surface area contributed by atoms with Crippen molar-refractivity contribution in [2.24, 2.45) is 0 Å². The fraction of sp³-hybridized carbons (Fsp3) is 0.444. The molecule has 0 aliphatic carbocycles. The number of carbonyl (C=O) groups excluding carboxylic acids is 1. The van der Waals surface area contributed by atoms with Crippen molar-refractivity contribution in [2.75, 3.05) is 32.1 Å². The maximum absolute atomic E-state index is 12.1. The van der Waals surface area contributed by atoms with E-state index in [1.54, 1.807) is 13.3 Å². The quantitative estimate of drug-likeness (QED) is 0.899. The second-order valence-corrected chi connectivity index (χ2v) is 6.18. The van der Waals surface area contributed by atoms with Crippen LogP contribution in [0.15, 0.2) is 30.5 Å². The Bertz CT molecular complexity index is 723. The Labute approximate surface area is 147 Å². The van der Waals surface area contributed by atoms with Crippen LogP contribution in [0.2, 0.25) is 0 Å². The predicted octanol–water partition coefficient (Wildman–Crippen LogP) is 2.28. The number of anilines is 2. The average Bonchev–Trinajstić information content (AvgIpc) is 2.62. The number of aryl methyl sites for hydroxylation is 1. The van der Waals surface area contributed by atoms with Crippen LogP contribution in [-0.2, 0) is 9.53 Å². The number of aromatic nitrogens is 3. The zero-order valence-corrected chi connectivity index (χ0v) is 14.6. The first-order valence-electron chi connectivity index (χ1n) is 8.46. The molecular formula is C18H23N5O2. The fourth-order valence-electron chi connectivity index (χ4n) is 3.09. The lowest BCUT2D eigenvalue weighted by Gasteiger charge is -2.32. The molecule has 1 amide bonds. The third-order valence-electron chi connectivity index (χ3n) is 4.24. The monoisotopic (exact) mass is 341 g/mol. The molecule has 7 nitrogen and oxygen atoms in total. The van der Waals surface area contributed by atoms with Crippen molar-refractivity contribution in [1.82, 2.24) is 19.9 Å². The van der Waals surface area contributed by atoms with E-state index in [1.807, 2.05) is 36.1 Å². The van der Waals surface area contributed by atoms with Crippen LogP contribution in [0, 0.1) is 6.92 Å². The standard InChI is InChI=1S/C18H23N5O2/c1-13-20-15(10-17(21-13)22-16-7-3-4-8-19-16)14-6-5-9-23(11-14)18(24)12-25-2/h3-4,7-8,10,14H,5-6,9,11-12H2,1-2H3,(H,19,20,21,22)/t14-/m1/s1. The summed E-state index contributed by atoms with van der Waals surface area (Å²) in [5.74, 6) is 2.41. The van der Waals surface area contributed by atoms with E-state index in [1.165, 1.54) is 0 Å². The molecule has 0 aromatic carbocycles. The molecule has 132 valence electrons. The van der Waals surface area contributed by atoms with Gasteiger partial charge in [0.25, 0.3) is 0 Å². The summed E-state index contributed by atoms with van der Waals surface area (Å²) >= 11 is 0. The van der Waals surface area contributed by atoms with Crippen LogP contribution in [0.4, 0.5) is 11.6 Å². The van der Waals surface area contributed by atoms with Gasteiger partial charge < -0.3 is 15.0 Å². The van der Waals surface area contributed by atoms with Crippen molar-refractivity contribution < 1.29 is 9.53 Å². The molecular weight excluding hydrogens is 318 g/mol. The summed E-state index contributed by atoms with van der Waals surface area (Å²) in [6.07, 6.45) is 3.71. The summed E-state index contributed by atoms with van der Waals surface area (Å²) < 4.78 is 4.97. The van der Waals surface area contributed by atoms with E-state index in [-0.39, 0.29) is 18.4 Å². The normalized spacial score (nSPS) is 17.4. The molecule has 7 heteroatoms. The van der Waals surface area contributed by atoms with Crippen molar-refractivity contribution >= 4 is 17.5 Å². The number of likely N-dealkylation sites (tertiary alicyclic amines) is 1. The largest absolute Gasteiger partial charge is 0.375 e. The minimum Gasteiger partial charge on any atom is -0.375 e. The van der Waals surface area contributed by atoms with Crippen molar-refractivity contribution in [1.29, 1.82) is 0 Å². The SMILES string of the molecule is COCC(=O)N1CCC[C@@H](c2cc(Nc3ccccn3)nc(C)n2)C1. The van der Waals surface area contributed by atoms with Gasteiger partial charge in [0.05, 0.1) is 5.69 Å². The van der Waals surface area contributed by atoms with E-state index in [2.05, 4.69) is 20.3 Å². The highest BCUT2D eigenvalue weighted by molar-refractivity contribution is 5.77. The van der Waals surface area contributed by atoms with Crippen molar-refractivity contribution in [3.05, 3.63) is 42.0 Å². The van der Waals surface area contributed by atoms with Gasteiger partial charge in [0.2, 0.25) is 5.91 Å². The number of rotatable bonds is 5. The van der Waals surface area contributed by atoms with Crippen LogP contribution < -0.4 is 5.32 Å². The van der Waals surface area contributed by atoms with Gasteiger partial charge >= 0.3 is 0 Å². The Kier molecular flexibility index (Phi) is 5.55. The number of amides is 1. The molecule has 0 unspecified atom stereocenters. The highest BCUT2D eigenvalue weighted by Gasteiger charge is 2.26. The van der Waals surface area contributed by atoms with Crippen LogP contribution >= 0.6 is 0 Å². The Hall–Kier alpha value is -2.54. The van der Waals surface area contributed by atoms with Gasteiger partial charge in [0.1, 0.15) is 24.1 Å². The van der Waals surface area contributed by atoms with Crippen molar-refractivity contribution in [3.63, 3.8) is 0 Å². The second-order valence-electron chi connectivity index (χ2n) is 6.18. The number of piperidine rings is 1. The lowest BCUT2D eigenvalue weighted by atomic mass is 9.94. The summed E-state index contributed by atoms with van der Waals surface area (Å²) in [4.78, 5) is 27.3. The van der Waals surface area contributed by atoms with Gasteiger partial charge in [-0.1, -0.05) is 6.07 Å². The molecule has 1 atom stereocenters. The number of ether oxygens (including phenoxy) is 1. The molecule has 0 radical (unpaired) electrons. The zero-order valence-electron chi connectivity index (χ0n) is 14.6. The topological polar surface area (TPSA) is 80.2 Å². The molecule has 1 aliphatic rings. The van der Waals surface area contributed by atoms with Crippen molar-refractivity contribution in [3.8, 4) is 0 Å². The van der Waals surface area contributed by atoms with E-state index < -0.39 is 0 Å². The fourth-order valence-corrected chi connectivity index (χ4v) is 3.09. The van der Waals surface area contributed by atoms with Crippen LogP contribution in [0.1, 0.15) is 30.3 Å². The first-order valence-corrected chi connectivity index (χ1v) is 8.46. The Morgan fingerprint density at radius 2 is 2.24 bits per heavy atom. The van der Waals surface area contributed by atoms with Gasteiger partial charge in [-0.05, 0) is 31.9 Å². The molecule has 2 aromatic heterocycles. The van der Waals surface area contributed by atoms with E-state index in [4.69, 9.17) is 4.74 Å². The molecule has 25 heavy (non-hydrogen) atoms. The summed E-state index contributed by atoms with van der Waals surface area (Å²) in [7, 11) is 1.54. The lowest BCUT2D eigenvalue weighted by molar-refractivity contribution is -0.136. The predicted molar refractivity (Wildman–Crippen MR) is 94.7 cm³/mol. The molecule has 1 saturated heterocycles. The number of hydrogen-bond acceptors (Lipinski definition) is 6. The summed E-state index contributed by atoms with van der Waals surface area (Å²) in [5, 5.41) is 3.22. The summed E-state index contributed by atoms with van der Waals surface area (Å²) in [6, 6.07) is 7.64. The van der Waals surface area contributed by atoms with Gasteiger partial charge in [0.15, 0.2) is 0 Å². The summed E-state index contributed by atoms with van der Waals surface area (Å²) in [6.45, 7) is 3.45. The molecule has 1 N–H and O–H groups in total. The van der Waals surface area contributed by atoms with E-state index >= 15 is 0 Å². The number of hydrogen-bond donors (Lipinski definition) is 1. The van der Waals surface area contributed by atoms with Crippen molar-refractivity contribution in [2.45, 2.75) is 25.7 Å². The first kappa shape index (κ1) is 17.3. The third-order valence-corrected chi connectivity index (χ3v) is 4.24. The molecule has 3 rings (SSSR count). The van der Waals surface area contributed by atoms with Gasteiger partial charge in [-0.3, -0.25) is 4.79 Å². The average molecular weight is 341 g/mol. The van der Waals surface area contributed by atoms with E-state index in [0.29, 0.717) is 12.4 Å². The second kappa shape index (κ2) is 8.02. The zero-order chi connectivity index (χ0) is 17.6. The maximum atomic E-state index is 12.1. The molecule has 2 aromatic rings. The highest BCUT2D eigenvalue weighted by Crippen LogP contribution is 2.27. The molecule has 1 fully saturated rings. The number of nitrogens with one attached hydrogen (secondary N) is 1. The van der Waals surface area contributed by atoms with Gasteiger partial charge in [-0.2, -0.15) is 0 Å². The highest BCUT2D eigenvalue weighted by atomic mass is 16.5. The molecule has 3 heterocycles. The number of pyridine rings is 1. The number of methoxy groups -OCH3 is 1. The third kappa shape index (κ3) is 4.51. The van der Waals surface area contributed by atoms with Gasteiger partial charge in [0, 0.05) is 38.4 Å². The van der Waals surface area contributed by atoms with Crippen LogP contribution in [0.25, 0.3) is 0 Å². The number of carbonyl (C=O) groups is 1. The van der Waals surface area contributed by atoms with Crippen LogP contribution in [-0.4, -0.2) is 52.6 Å². The molecule has 1 aliphatic heterocycles. The van der Waals surface area contributed by atoms with Crippen LogP contribution in [0.3, 0.4) is 0 Å². The van der Waals surface area contributed by atoms with E-state index in [0.717, 1.165) is 36.7 Å².